The Morgan fingerprint density at radius 1 is 0.914 bits per heavy atom. The second-order valence-electron chi connectivity index (χ2n) is 9.16. The Bertz CT molecular complexity index is 1350. The number of carbonyl (C=O) groups is 1. The highest BCUT2D eigenvalue weighted by Gasteiger charge is 2.37. The molecule has 0 saturated carbocycles. The third-order valence-corrected chi connectivity index (χ3v) is 6.89. The van der Waals surface area contributed by atoms with Crippen LogP contribution in [0, 0.1) is 0 Å². The lowest BCUT2D eigenvalue weighted by atomic mass is 9.97. The van der Waals surface area contributed by atoms with Gasteiger partial charge in [0.2, 0.25) is 0 Å². The second-order valence-corrected chi connectivity index (χ2v) is 9.16. The van der Waals surface area contributed by atoms with E-state index in [2.05, 4.69) is 35.6 Å². The average molecular weight is 465 g/mol. The molecular formula is C30H28N2O3. The number of fused-ring (bicyclic) bond motifs is 2. The molecule has 5 heteroatoms. The summed E-state index contributed by atoms with van der Waals surface area (Å²) in [6, 6.07) is 30.3. The molecule has 5 nitrogen and oxygen atoms in total. The molecule has 4 aromatic rings. The fourth-order valence-corrected chi connectivity index (χ4v) is 5.14. The van der Waals surface area contributed by atoms with Crippen molar-refractivity contribution in [1.29, 1.82) is 0 Å². The summed E-state index contributed by atoms with van der Waals surface area (Å²) in [5.74, 6) is 0.788. The van der Waals surface area contributed by atoms with Gasteiger partial charge in [-0.15, -0.1) is 0 Å². The highest BCUT2D eigenvalue weighted by molar-refractivity contribution is 6.02. The molecule has 0 aromatic heterocycles. The first-order valence-electron chi connectivity index (χ1n) is 12.2. The number of hydrogen-bond acceptors (Lipinski definition) is 4. The minimum atomic E-state index is -0.376. The minimum Gasteiger partial charge on any atom is -0.488 e. The van der Waals surface area contributed by atoms with Crippen LogP contribution in [0.4, 0.5) is 5.69 Å². The van der Waals surface area contributed by atoms with Crippen LogP contribution in [-0.4, -0.2) is 30.1 Å². The Labute approximate surface area is 205 Å². The zero-order valence-corrected chi connectivity index (χ0v) is 19.5. The molecule has 176 valence electrons. The zero-order chi connectivity index (χ0) is 23.6. The molecule has 0 bridgehead atoms. The molecular weight excluding hydrogens is 436 g/mol. The van der Waals surface area contributed by atoms with Crippen molar-refractivity contribution in [3.63, 3.8) is 0 Å². The van der Waals surface area contributed by atoms with Crippen molar-refractivity contribution >= 4 is 22.4 Å². The quantitative estimate of drug-likeness (QED) is 0.371. The molecule has 1 amide bonds. The number of hydrogen-bond donors (Lipinski definition) is 1. The number of rotatable bonds is 6. The van der Waals surface area contributed by atoms with Crippen LogP contribution in [-0.2, 0) is 11.3 Å². The molecule has 0 spiro atoms. The van der Waals surface area contributed by atoms with E-state index in [1.807, 2.05) is 65.6 Å². The molecule has 1 saturated heterocycles. The Morgan fingerprint density at radius 3 is 2.57 bits per heavy atom. The summed E-state index contributed by atoms with van der Waals surface area (Å²) < 4.78 is 12.4. The summed E-state index contributed by atoms with van der Waals surface area (Å²) in [7, 11) is 0. The fraction of sp³-hybridized carbons (Fsp3) is 0.233. The molecule has 2 aliphatic heterocycles. The number of para-hydroxylation sites is 1. The lowest BCUT2D eigenvalue weighted by Gasteiger charge is -2.40. The van der Waals surface area contributed by atoms with Crippen LogP contribution in [0.5, 0.6) is 5.75 Å². The Morgan fingerprint density at radius 2 is 1.71 bits per heavy atom. The molecule has 1 N–H and O–H groups in total. The fourth-order valence-electron chi connectivity index (χ4n) is 5.14. The molecule has 0 aliphatic carbocycles. The Balaban J connectivity index is 1.46. The molecule has 2 atom stereocenters. The van der Waals surface area contributed by atoms with E-state index in [0.29, 0.717) is 18.7 Å². The van der Waals surface area contributed by atoms with E-state index >= 15 is 0 Å². The predicted octanol–water partition coefficient (Wildman–Crippen LogP) is 6.16. The summed E-state index contributed by atoms with van der Waals surface area (Å²) in [4.78, 5) is 15.7. The van der Waals surface area contributed by atoms with Gasteiger partial charge in [0.15, 0.2) is 0 Å². The van der Waals surface area contributed by atoms with E-state index in [0.717, 1.165) is 52.8 Å². The van der Waals surface area contributed by atoms with Crippen LogP contribution in [0.1, 0.15) is 40.5 Å². The normalized spacial score (nSPS) is 19.4. The lowest BCUT2D eigenvalue weighted by molar-refractivity contribution is 0.0425. The van der Waals surface area contributed by atoms with Gasteiger partial charge in [-0.25, -0.2) is 0 Å². The number of benzene rings is 4. The minimum absolute atomic E-state index is 0.0155. The molecule has 35 heavy (non-hydrogen) atoms. The van der Waals surface area contributed by atoms with Crippen molar-refractivity contribution in [2.45, 2.75) is 31.7 Å². The molecule has 0 radical (unpaired) electrons. The van der Waals surface area contributed by atoms with Crippen LogP contribution in [0.2, 0.25) is 0 Å². The maximum atomic E-state index is 13.8. The van der Waals surface area contributed by atoms with Crippen molar-refractivity contribution < 1.29 is 14.3 Å². The first-order chi connectivity index (χ1) is 17.3. The Kier molecular flexibility index (Phi) is 5.84. The number of nitrogens with zero attached hydrogens (tertiary/aromatic N) is 1. The number of ether oxygens (including phenoxy) is 2. The first-order valence-corrected chi connectivity index (χ1v) is 12.2. The SMILES string of the molecule is O=C1c2ccccc2NC(c2c(OCc3ccccc3)ccc3ccccc23)N1CC1CCCO1. The van der Waals surface area contributed by atoms with E-state index in [-0.39, 0.29) is 18.2 Å². The second kappa shape index (κ2) is 9.43. The van der Waals surface area contributed by atoms with E-state index in [1.165, 1.54) is 0 Å². The topological polar surface area (TPSA) is 50.8 Å². The molecule has 6 rings (SSSR count). The van der Waals surface area contributed by atoms with Crippen LogP contribution in [0.3, 0.4) is 0 Å². The molecule has 2 heterocycles. The lowest BCUT2D eigenvalue weighted by Crippen LogP contribution is -2.46. The number of amides is 1. The smallest absolute Gasteiger partial charge is 0.257 e. The monoisotopic (exact) mass is 464 g/mol. The van der Waals surface area contributed by atoms with Crippen molar-refractivity contribution in [2.24, 2.45) is 0 Å². The number of carbonyl (C=O) groups excluding carboxylic acids is 1. The number of anilines is 1. The standard InChI is InChI=1S/C30H28N2O3/c33-30-25-14-6-7-15-26(25)31-29(32(30)19-23-12-8-18-34-23)28-24-13-5-4-11-22(24)16-17-27(28)35-20-21-9-2-1-3-10-21/h1-7,9-11,13-17,23,29,31H,8,12,18-20H2. The zero-order valence-electron chi connectivity index (χ0n) is 19.5. The largest absolute Gasteiger partial charge is 0.488 e. The van der Waals surface area contributed by atoms with Crippen molar-refractivity contribution in [3.05, 3.63) is 108 Å². The third kappa shape index (κ3) is 4.24. The van der Waals surface area contributed by atoms with Crippen molar-refractivity contribution in [3.8, 4) is 5.75 Å². The van der Waals surface area contributed by atoms with Crippen molar-refractivity contribution in [1.82, 2.24) is 4.90 Å². The highest BCUT2D eigenvalue weighted by atomic mass is 16.5. The van der Waals surface area contributed by atoms with Crippen LogP contribution < -0.4 is 10.1 Å². The summed E-state index contributed by atoms with van der Waals surface area (Å²) >= 11 is 0. The van der Waals surface area contributed by atoms with E-state index in [4.69, 9.17) is 9.47 Å². The maximum absolute atomic E-state index is 13.8. The van der Waals surface area contributed by atoms with Gasteiger partial charge in [0.05, 0.1) is 11.7 Å². The molecule has 1 fully saturated rings. The van der Waals surface area contributed by atoms with Gasteiger partial charge in [-0.05, 0) is 47.4 Å². The van der Waals surface area contributed by atoms with Gasteiger partial charge in [0, 0.05) is 24.4 Å². The van der Waals surface area contributed by atoms with E-state index in [1.54, 1.807) is 0 Å². The molecule has 4 aromatic carbocycles. The maximum Gasteiger partial charge on any atom is 0.257 e. The third-order valence-electron chi connectivity index (χ3n) is 6.89. The molecule has 2 aliphatic rings. The van der Waals surface area contributed by atoms with Gasteiger partial charge in [0.25, 0.3) is 5.91 Å². The van der Waals surface area contributed by atoms with Gasteiger partial charge in [0.1, 0.15) is 18.5 Å². The Hall–Kier alpha value is -3.83. The van der Waals surface area contributed by atoms with Crippen LogP contribution in [0.25, 0.3) is 10.8 Å². The summed E-state index contributed by atoms with van der Waals surface area (Å²) in [6.45, 7) is 1.74. The summed E-state index contributed by atoms with van der Waals surface area (Å²) in [5, 5.41) is 5.85. The number of nitrogens with one attached hydrogen (secondary N) is 1. The van der Waals surface area contributed by atoms with Gasteiger partial charge in [-0.2, -0.15) is 0 Å². The van der Waals surface area contributed by atoms with Crippen LogP contribution in [0.15, 0.2) is 91.0 Å². The van der Waals surface area contributed by atoms with E-state index < -0.39 is 0 Å². The summed E-state index contributed by atoms with van der Waals surface area (Å²) in [6.07, 6.45) is 1.65. The van der Waals surface area contributed by atoms with Gasteiger partial charge >= 0.3 is 0 Å². The van der Waals surface area contributed by atoms with Gasteiger partial charge in [-0.3, -0.25) is 4.79 Å². The predicted molar refractivity (Wildman–Crippen MR) is 138 cm³/mol. The molecule has 2 unspecified atom stereocenters. The van der Waals surface area contributed by atoms with E-state index in [9.17, 15) is 4.79 Å². The van der Waals surface area contributed by atoms with Gasteiger partial charge in [-0.1, -0.05) is 72.8 Å². The first kappa shape index (κ1) is 21.7. The highest BCUT2D eigenvalue weighted by Crippen LogP contribution is 2.41. The summed E-state index contributed by atoms with van der Waals surface area (Å²) in [5.41, 5.74) is 3.60. The average Bonchev–Trinajstić information content (AvgIpc) is 3.43. The van der Waals surface area contributed by atoms with Crippen LogP contribution >= 0.6 is 0 Å². The van der Waals surface area contributed by atoms with Crippen molar-refractivity contribution in [2.75, 3.05) is 18.5 Å². The van der Waals surface area contributed by atoms with Gasteiger partial charge < -0.3 is 19.7 Å².